The van der Waals surface area contributed by atoms with E-state index in [2.05, 4.69) is 29.4 Å². The topological polar surface area (TPSA) is 37.4 Å². The first-order valence-electron chi connectivity index (χ1n) is 7.11. The Morgan fingerprint density at radius 2 is 2.32 bits per heavy atom. The van der Waals surface area contributed by atoms with Gasteiger partial charge in [-0.1, -0.05) is 6.92 Å². The normalized spacial score (nSPS) is 23.8. The highest BCUT2D eigenvalue weighted by Crippen LogP contribution is 2.29. The van der Waals surface area contributed by atoms with Gasteiger partial charge in [-0.05, 0) is 25.7 Å². The maximum absolute atomic E-state index is 5.02. The molecule has 0 saturated carbocycles. The van der Waals surface area contributed by atoms with Gasteiger partial charge < -0.3 is 15.0 Å². The molecule has 5 heteroatoms. The van der Waals surface area contributed by atoms with Crippen molar-refractivity contribution in [2.24, 2.45) is 5.92 Å². The maximum Gasteiger partial charge on any atom is 0.185 e. The van der Waals surface area contributed by atoms with Crippen LogP contribution in [0.15, 0.2) is 5.38 Å². The fourth-order valence-electron chi connectivity index (χ4n) is 2.46. The van der Waals surface area contributed by atoms with Gasteiger partial charge in [-0.2, -0.15) is 0 Å². The summed E-state index contributed by atoms with van der Waals surface area (Å²) >= 11 is 1.77. The van der Waals surface area contributed by atoms with E-state index in [1.54, 1.807) is 18.4 Å². The van der Waals surface area contributed by atoms with Crippen LogP contribution in [0.1, 0.15) is 32.4 Å². The van der Waals surface area contributed by atoms with Gasteiger partial charge in [0.05, 0.1) is 12.3 Å². The summed E-state index contributed by atoms with van der Waals surface area (Å²) in [5, 5.41) is 6.69. The zero-order chi connectivity index (χ0) is 13.7. The molecule has 1 saturated heterocycles. The second kappa shape index (κ2) is 7.22. The van der Waals surface area contributed by atoms with Crippen LogP contribution < -0.4 is 10.2 Å². The molecule has 0 amide bonds. The number of nitrogens with zero attached hydrogens (tertiary/aromatic N) is 2. The molecule has 0 bridgehead atoms. The van der Waals surface area contributed by atoms with Crippen LogP contribution in [-0.2, 0) is 11.3 Å². The first-order valence-corrected chi connectivity index (χ1v) is 7.99. The number of aromatic nitrogens is 1. The molecule has 2 unspecified atom stereocenters. The molecular weight excluding hydrogens is 258 g/mol. The highest BCUT2D eigenvalue weighted by molar-refractivity contribution is 7.13. The van der Waals surface area contributed by atoms with Gasteiger partial charge in [-0.25, -0.2) is 4.98 Å². The van der Waals surface area contributed by atoms with Crippen molar-refractivity contribution in [1.29, 1.82) is 0 Å². The van der Waals surface area contributed by atoms with E-state index in [0.29, 0.717) is 6.04 Å². The summed E-state index contributed by atoms with van der Waals surface area (Å²) < 4.78 is 5.02. The number of anilines is 1. The van der Waals surface area contributed by atoms with E-state index in [1.807, 2.05) is 0 Å². The van der Waals surface area contributed by atoms with Gasteiger partial charge >= 0.3 is 0 Å². The van der Waals surface area contributed by atoms with Crippen molar-refractivity contribution in [1.82, 2.24) is 10.3 Å². The highest BCUT2D eigenvalue weighted by Gasteiger charge is 2.24. The standard InChI is InChI=1S/C14H25N3OS/c1-11-4-5-12(2)17(9-11)14-16-13(10-19-14)8-15-6-7-18-3/h10-12,15H,4-9H2,1-3H3. The smallest absolute Gasteiger partial charge is 0.185 e. The predicted molar refractivity (Wildman–Crippen MR) is 80.9 cm³/mol. The monoisotopic (exact) mass is 283 g/mol. The molecule has 0 aliphatic carbocycles. The number of rotatable bonds is 6. The van der Waals surface area contributed by atoms with E-state index in [0.717, 1.165) is 37.9 Å². The second-order valence-electron chi connectivity index (χ2n) is 5.47. The van der Waals surface area contributed by atoms with Crippen LogP contribution in [0.3, 0.4) is 0 Å². The summed E-state index contributed by atoms with van der Waals surface area (Å²) in [5.41, 5.74) is 1.14. The molecule has 0 radical (unpaired) electrons. The van der Waals surface area contributed by atoms with Gasteiger partial charge in [0.1, 0.15) is 0 Å². The third-order valence-electron chi connectivity index (χ3n) is 3.69. The molecule has 4 nitrogen and oxygen atoms in total. The van der Waals surface area contributed by atoms with Gasteiger partial charge in [-0.3, -0.25) is 0 Å². The van der Waals surface area contributed by atoms with E-state index < -0.39 is 0 Å². The quantitative estimate of drug-likeness (QED) is 0.814. The van der Waals surface area contributed by atoms with E-state index >= 15 is 0 Å². The van der Waals surface area contributed by atoms with E-state index in [9.17, 15) is 0 Å². The highest BCUT2D eigenvalue weighted by atomic mass is 32.1. The van der Waals surface area contributed by atoms with Crippen molar-refractivity contribution in [3.8, 4) is 0 Å². The van der Waals surface area contributed by atoms with Crippen molar-refractivity contribution < 1.29 is 4.74 Å². The Hall–Kier alpha value is -0.650. The van der Waals surface area contributed by atoms with Crippen molar-refractivity contribution in [3.05, 3.63) is 11.1 Å². The number of methoxy groups -OCH3 is 1. The fourth-order valence-corrected chi connectivity index (χ4v) is 3.39. The van der Waals surface area contributed by atoms with Crippen LogP contribution in [0.4, 0.5) is 5.13 Å². The molecule has 1 N–H and O–H groups in total. The van der Waals surface area contributed by atoms with Crippen LogP contribution in [0.25, 0.3) is 0 Å². The number of hydrogen-bond donors (Lipinski definition) is 1. The molecule has 1 aromatic rings. The molecule has 2 rings (SSSR count). The molecular formula is C14H25N3OS. The Bertz CT molecular complexity index is 383. The first-order chi connectivity index (χ1) is 9.20. The predicted octanol–water partition coefficient (Wildman–Crippen LogP) is 2.50. The lowest BCUT2D eigenvalue weighted by atomic mass is 9.96. The van der Waals surface area contributed by atoms with Crippen molar-refractivity contribution >= 4 is 16.5 Å². The minimum atomic E-state index is 0.622. The van der Waals surface area contributed by atoms with Gasteiger partial charge in [0.25, 0.3) is 0 Å². The fraction of sp³-hybridized carbons (Fsp3) is 0.786. The van der Waals surface area contributed by atoms with Gasteiger partial charge in [-0.15, -0.1) is 11.3 Å². The average molecular weight is 283 g/mol. The van der Waals surface area contributed by atoms with Crippen LogP contribution in [0, 0.1) is 5.92 Å². The summed E-state index contributed by atoms with van der Waals surface area (Å²) in [6.07, 6.45) is 2.62. The molecule has 108 valence electrons. The molecule has 1 aliphatic rings. The third kappa shape index (κ3) is 4.16. The molecule has 0 spiro atoms. The summed E-state index contributed by atoms with van der Waals surface area (Å²) in [4.78, 5) is 7.23. The van der Waals surface area contributed by atoms with Gasteiger partial charge in [0, 0.05) is 38.2 Å². The largest absolute Gasteiger partial charge is 0.383 e. The molecule has 0 aromatic carbocycles. The zero-order valence-electron chi connectivity index (χ0n) is 12.2. The number of nitrogens with one attached hydrogen (secondary N) is 1. The Kier molecular flexibility index (Phi) is 5.60. The Morgan fingerprint density at radius 3 is 3.11 bits per heavy atom. The SMILES string of the molecule is COCCNCc1csc(N2CC(C)CCC2C)n1. The third-order valence-corrected chi connectivity index (χ3v) is 4.62. The number of hydrogen-bond acceptors (Lipinski definition) is 5. The average Bonchev–Trinajstić information content (AvgIpc) is 2.86. The molecule has 1 fully saturated rings. The van der Waals surface area contributed by atoms with Crippen LogP contribution >= 0.6 is 11.3 Å². The summed E-state index contributed by atoms with van der Waals surface area (Å²) in [6, 6.07) is 0.622. The van der Waals surface area contributed by atoms with Crippen molar-refractivity contribution in [2.45, 2.75) is 39.3 Å². The summed E-state index contributed by atoms with van der Waals surface area (Å²) in [7, 11) is 1.72. The molecule has 1 aromatic heterocycles. The summed E-state index contributed by atoms with van der Waals surface area (Å²) in [6.45, 7) is 8.24. The number of piperidine rings is 1. The summed E-state index contributed by atoms with van der Waals surface area (Å²) in [5.74, 6) is 0.781. The minimum Gasteiger partial charge on any atom is -0.383 e. The lowest BCUT2D eigenvalue weighted by Gasteiger charge is -2.36. The Labute approximate surface area is 120 Å². The Morgan fingerprint density at radius 1 is 1.47 bits per heavy atom. The van der Waals surface area contributed by atoms with Gasteiger partial charge in [0.2, 0.25) is 0 Å². The van der Waals surface area contributed by atoms with Crippen LogP contribution in [0.2, 0.25) is 0 Å². The molecule has 2 atom stereocenters. The molecule has 19 heavy (non-hydrogen) atoms. The lowest BCUT2D eigenvalue weighted by Crippen LogP contribution is -2.41. The number of ether oxygens (including phenoxy) is 1. The van der Waals surface area contributed by atoms with E-state index in [1.165, 1.54) is 18.0 Å². The number of thiazole rings is 1. The van der Waals surface area contributed by atoms with E-state index in [4.69, 9.17) is 9.72 Å². The van der Waals surface area contributed by atoms with E-state index in [-0.39, 0.29) is 0 Å². The molecule has 1 aliphatic heterocycles. The van der Waals surface area contributed by atoms with Gasteiger partial charge in [0.15, 0.2) is 5.13 Å². The van der Waals surface area contributed by atoms with Crippen LogP contribution in [-0.4, -0.2) is 37.8 Å². The maximum atomic E-state index is 5.02. The second-order valence-corrected chi connectivity index (χ2v) is 6.31. The Balaban J connectivity index is 1.88. The van der Waals surface area contributed by atoms with Crippen molar-refractivity contribution in [2.75, 3.05) is 31.7 Å². The first kappa shape index (κ1) is 14.8. The van der Waals surface area contributed by atoms with Crippen molar-refractivity contribution in [3.63, 3.8) is 0 Å². The lowest BCUT2D eigenvalue weighted by molar-refractivity contribution is 0.199. The molecule has 2 heterocycles. The zero-order valence-corrected chi connectivity index (χ0v) is 13.0. The minimum absolute atomic E-state index is 0.622. The van der Waals surface area contributed by atoms with Crippen LogP contribution in [0.5, 0.6) is 0 Å².